The molecule has 0 saturated carbocycles. The fourth-order valence-corrected chi connectivity index (χ4v) is 1.29. The minimum Gasteiger partial charge on any atom is -0.481 e. The van der Waals surface area contributed by atoms with Crippen molar-refractivity contribution in [3.63, 3.8) is 0 Å². The first-order valence-electron chi connectivity index (χ1n) is 5.52. The van der Waals surface area contributed by atoms with E-state index < -0.39 is 11.9 Å². The summed E-state index contributed by atoms with van der Waals surface area (Å²) in [6, 6.07) is -0.351. The van der Waals surface area contributed by atoms with E-state index in [-0.39, 0.29) is 19.1 Å². The average Bonchev–Trinajstić information content (AvgIpc) is 2.85. The molecule has 3 N–H and O–H groups in total. The molecule has 0 aliphatic rings. The topological polar surface area (TPSA) is 124 Å². The molecule has 100 valence electrons. The quantitative estimate of drug-likeness (QED) is 0.627. The number of H-pyrrole nitrogens is 1. The third-order valence-electron chi connectivity index (χ3n) is 2.37. The van der Waals surface area contributed by atoms with Crippen molar-refractivity contribution in [2.75, 3.05) is 13.1 Å². The highest BCUT2D eigenvalue weighted by atomic mass is 16.4. The van der Waals surface area contributed by atoms with E-state index >= 15 is 0 Å². The SMILES string of the molecule is CCN(CC(C)C(=O)O)C(=O)NCc1nn[nH]n1. The molecule has 0 aliphatic carbocycles. The fraction of sp³-hybridized carbons (Fsp3) is 0.667. The van der Waals surface area contributed by atoms with Gasteiger partial charge in [0.2, 0.25) is 0 Å². The first-order chi connectivity index (χ1) is 8.54. The van der Waals surface area contributed by atoms with E-state index in [2.05, 4.69) is 25.9 Å². The summed E-state index contributed by atoms with van der Waals surface area (Å²) in [5, 5.41) is 24.4. The highest BCUT2D eigenvalue weighted by molar-refractivity contribution is 5.75. The van der Waals surface area contributed by atoms with Crippen molar-refractivity contribution in [2.24, 2.45) is 5.92 Å². The number of carbonyl (C=O) groups excluding carboxylic acids is 1. The number of amides is 2. The average molecular weight is 256 g/mol. The number of aliphatic carboxylic acids is 1. The Kier molecular flexibility index (Phi) is 5.03. The molecule has 0 bridgehead atoms. The Morgan fingerprint density at radius 2 is 2.28 bits per heavy atom. The number of hydrogen-bond acceptors (Lipinski definition) is 5. The van der Waals surface area contributed by atoms with E-state index in [1.165, 1.54) is 4.90 Å². The highest BCUT2D eigenvalue weighted by Gasteiger charge is 2.19. The Morgan fingerprint density at radius 1 is 1.56 bits per heavy atom. The van der Waals surface area contributed by atoms with Crippen molar-refractivity contribution in [1.29, 1.82) is 0 Å². The number of nitrogens with one attached hydrogen (secondary N) is 2. The van der Waals surface area contributed by atoms with E-state index in [9.17, 15) is 9.59 Å². The van der Waals surface area contributed by atoms with Crippen molar-refractivity contribution in [1.82, 2.24) is 30.8 Å². The predicted molar refractivity (Wildman–Crippen MR) is 60.5 cm³/mol. The number of aromatic amines is 1. The lowest BCUT2D eigenvalue weighted by Gasteiger charge is -2.22. The zero-order chi connectivity index (χ0) is 13.5. The van der Waals surface area contributed by atoms with E-state index in [0.717, 1.165) is 0 Å². The zero-order valence-corrected chi connectivity index (χ0v) is 10.3. The molecule has 1 aromatic rings. The Bertz CT molecular complexity index is 393. The van der Waals surface area contributed by atoms with Gasteiger partial charge in [0.05, 0.1) is 12.5 Å². The fourth-order valence-electron chi connectivity index (χ4n) is 1.29. The number of urea groups is 1. The molecular weight excluding hydrogens is 240 g/mol. The molecule has 1 heterocycles. The minimum absolute atomic E-state index is 0.146. The van der Waals surface area contributed by atoms with Gasteiger partial charge in [-0.25, -0.2) is 4.79 Å². The maximum Gasteiger partial charge on any atom is 0.317 e. The number of hydrogen-bond donors (Lipinski definition) is 3. The Morgan fingerprint density at radius 3 is 2.78 bits per heavy atom. The number of tetrazole rings is 1. The zero-order valence-electron chi connectivity index (χ0n) is 10.3. The summed E-state index contributed by atoms with van der Waals surface area (Å²) < 4.78 is 0. The second-order valence-corrected chi connectivity index (χ2v) is 3.76. The molecule has 0 aliphatic heterocycles. The van der Waals surface area contributed by atoms with Crippen LogP contribution in [-0.2, 0) is 11.3 Å². The molecule has 18 heavy (non-hydrogen) atoms. The Balaban J connectivity index is 2.44. The van der Waals surface area contributed by atoms with Gasteiger partial charge in [-0.1, -0.05) is 12.1 Å². The number of carbonyl (C=O) groups is 2. The number of aromatic nitrogens is 4. The normalized spacial score (nSPS) is 11.9. The molecule has 9 heteroatoms. The van der Waals surface area contributed by atoms with E-state index in [4.69, 9.17) is 5.11 Å². The van der Waals surface area contributed by atoms with Gasteiger partial charge in [0.15, 0.2) is 5.82 Å². The summed E-state index contributed by atoms with van der Waals surface area (Å²) >= 11 is 0. The van der Waals surface area contributed by atoms with Crippen molar-refractivity contribution < 1.29 is 14.7 Å². The molecule has 0 fully saturated rings. The lowest BCUT2D eigenvalue weighted by Crippen LogP contribution is -2.43. The van der Waals surface area contributed by atoms with Crippen LogP contribution in [0.1, 0.15) is 19.7 Å². The van der Waals surface area contributed by atoms with Crippen LogP contribution in [0.3, 0.4) is 0 Å². The van der Waals surface area contributed by atoms with Crippen LogP contribution < -0.4 is 5.32 Å². The lowest BCUT2D eigenvalue weighted by molar-refractivity contribution is -0.141. The molecule has 0 spiro atoms. The van der Waals surface area contributed by atoms with Crippen molar-refractivity contribution in [3.05, 3.63) is 5.82 Å². The number of nitrogens with zero attached hydrogens (tertiary/aromatic N) is 4. The van der Waals surface area contributed by atoms with Gasteiger partial charge in [-0.15, -0.1) is 10.2 Å². The van der Waals surface area contributed by atoms with Crippen LogP contribution in [0.25, 0.3) is 0 Å². The van der Waals surface area contributed by atoms with E-state index in [0.29, 0.717) is 12.4 Å². The van der Waals surface area contributed by atoms with Crippen LogP contribution in [0.15, 0.2) is 0 Å². The van der Waals surface area contributed by atoms with Gasteiger partial charge in [-0.05, 0) is 6.92 Å². The molecule has 1 unspecified atom stereocenters. The van der Waals surface area contributed by atoms with Gasteiger partial charge in [-0.3, -0.25) is 4.79 Å². The first kappa shape index (κ1) is 13.9. The number of carboxylic acid groups (broad SMARTS) is 1. The van der Waals surface area contributed by atoms with Crippen molar-refractivity contribution in [2.45, 2.75) is 20.4 Å². The molecule has 2 amide bonds. The second-order valence-electron chi connectivity index (χ2n) is 3.76. The Hall–Kier alpha value is -2.19. The smallest absolute Gasteiger partial charge is 0.317 e. The maximum absolute atomic E-state index is 11.8. The summed E-state index contributed by atoms with van der Waals surface area (Å²) in [5.74, 6) is -1.18. The van der Waals surface area contributed by atoms with Crippen LogP contribution in [0.5, 0.6) is 0 Å². The number of carboxylic acids is 1. The van der Waals surface area contributed by atoms with Crippen molar-refractivity contribution in [3.8, 4) is 0 Å². The monoisotopic (exact) mass is 256 g/mol. The van der Waals surface area contributed by atoms with Crippen LogP contribution in [-0.4, -0.2) is 55.7 Å². The third kappa shape index (κ3) is 4.00. The van der Waals surface area contributed by atoms with Crippen LogP contribution in [0, 0.1) is 5.92 Å². The lowest BCUT2D eigenvalue weighted by atomic mass is 10.2. The summed E-state index contributed by atoms with van der Waals surface area (Å²) in [7, 11) is 0. The van der Waals surface area contributed by atoms with Crippen LogP contribution >= 0.6 is 0 Å². The van der Waals surface area contributed by atoms with Crippen molar-refractivity contribution >= 4 is 12.0 Å². The molecule has 1 aromatic heterocycles. The summed E-state index contributed by atoms with van der Waals surface area (Å²) in [5.41, 5.74) is 0. The van der Waals surface area contributed by atoms with Gasteiger partial charge < -0.3 is 15.3 Å². The van der Waals surface area contributed by atoms with Crippen LogP contribution in [0.4, 0.5) is 4.79 Å². The van der Waals surface area contributed by atoms with E-state index in [1.54, 1.807) is 13.8 Å². The molecule has 1 atom stereocenters. The van der Waals surface area contributed by atoms with Gasteiger partial charge in [0.25, 0.3) is 0 Å². The molecular formula is C9H16N6O3. The van der Waals surface area contributed by atoms with Crippen LogP contribution in [0.2, 0.25) is 0 Å². The van der Waals surface area contributed by atoms with Gasteiger partial charge in [0.1, 0.15) is 0 Å². The second kappa shape index (κ2) is 6.52. The van der Waals surface area contributed by atoms with E-state index in [1.807, 2.05) is 0 Å². The van der Waals surface area contributed by atoms with Gasteiger partial charge >= 0.3 is 12.0 Å². The summed E-state index contributed by atoms with van der Waals surface area (Å²) in [6.45, 7) is 4.06. The first-order valence-corrected chi connectivity index (χ1v) is 5.52. The third-order valence-corrected chi connectivity index (χ3v) is 2.37. The summed E-state index contributed by atoms with van der Waals surface area (Å²) in [6.07, 6.45) is 0. The molecule has 9 nitrogen and oxygen atoms in total. The minimum atomic E-state index is -0.931. The van der Waals surface area contributed by atoms with Gasteiger partial charge in [0, 0.05) is 13.1 Å². The molecule has 1 rings (SSSR count). The standard InChI is InChI=1S/C9H16N6O3/c1-3-15(5-6(2)8(16)17)9(18)10-4-7-11-13-14-12-7/h6H,3-5H2,1-2H3,(H,10,18)(H,16,17)(H,11,12,13,14). The Labute approximate surface area is 104 Å². The molecule has 0 saturated heterocycles. The summed E-state index contributed by atoms with van der Waals surface area (Å²) in [4.78, 5) is 23.9. The molecule has 0 aromatic carbocycles. The molecule has 0 radical (unpaired) electrons. The maximum atomic E-state index is 11.8. The highest BCUT2D eigenvalue weighted by Crippen LogP contribution is 2.01. The number of rotatable bonds is 6. The largest absolute Gasteiger partial charge is 0.481 e. The predicted octanol–water partition coefficient (Wildman–Crippen LogP) is -0.548. The van der Waals surface area contributed by atoms with Gasteiger partial charge in [-0.2, -0.15) is 5.21 Å².